The van der Waals surface area contributed by atoms with E-state index in [4.69, 9.17) is 16.3 Å². The molecule has 1 aromatic rings. The van der Waals surface area contributed by atoms with E-state index in [2.05, 4.69) is 5.32 Å². The number of hydrogen-bond acceptors (Lipinski definition) is 2. The summed E-state index contributed by atoms with van der Waals surface area (Å²) in [5, 5.41) is 1.96. The van der Waals surface area contributed by atoms with Gasteiger partial charge in [-0.25, -0.2) is 0 Å². The van der Waals surface area contributed by atoms with Crippen molar-refractivity contribution in [2.24, 2.45) is 0 Å². The Morgan fingerprint density at radius 2 is 2.00 bits per heavy atom. The summed E-state index contributed by atoms with van der Waals surface area (Å²) < 4.78 is 5.48. The Morgan fingerprint density at radius 1 is 1.40 bits per heavy atom. The zero-order chi connectivity index (χ0) is 11.3. The maximum Gasteiger partial charge on any atom is 0.314 e. The average Bonchev–Trinajstić information content (AvgIpc) is 2.16. The Morgan fingerprint density at radius 3 is 2.47 bits per heavy atom. The van der Waals surface area contributed by atoms with Crippen molar-refractivity contribution in [1.29, 1.82) is 0 Å². The van der Waals surface area contributed by atoms with Gasteiger partial charge >= 0.3 is 5.37 Å². The summed E-state index contributed by atoms with van der Waals surface area (Å²) in [7, 11) is 0. The lowest BCUT2D eigenvalue weighted by atomic mass is 10.2. The summed E-state index contributed by atoms with van der Waals surface area (Å²) >= 11 is 5.15. The van der Waals surface area contributed by atoms with E-state index >= 15 is 0 Å². The summed E-state index contributed by atoms with van der Waals surface area (Å²) in [6, 6.07) is 7.53. The maximum atomic E-state index is 10.5. The normalized spacial score (nSPS) is 10.1. The molecule has 82 valence electrons. The lowest BCUT2D eigenvalue weighted by Crippen LogP contribution is -2.15. The van der Waals surface area contributed by atoms with Crippen molar-refractivity contribution in [3.8, 4) is 5.75 Å². The molecule has 0 radical (unpaired) electrons. The van der Waals surface area contributed by atoms with Gasteiger partial charge in [0.2, 0.25) is 0 Å². The van der Waals surface area contributed by atoms with Gasteiger partial charge in [-0.15, -0.1) is 0 Å². The molecule has 0 aliphatic rings. The third kappa shape index (κ3) is 4.70. The van der Waals surface area contributed by atoms with Crippen LogP contribution < -0.4 is 10.1 Å². The highest BCUT2D eigenvalue weighted by atomic mass is 35.5. The van der Waals surface area contributed by atoms with Crippen LogP contribution in [-0.2, 0) is 6.54 Å². The SMILES string of the molecule is CC(C)Oc1ccc(CNC(=O)Cl)cc1. The second-order valence-corrected chi connectivity index (χ2v) is 3.78. The first-order valence-electron chi connectivity index (χ1n) is 4.77. The molecule has 0 unspecified atom stereocenters. The first-order valence-corrected chi connectivity index (χ1v) is 5.14. The number of nitrogens with one attached hydrogen (secondary N) is 1. The summed E-state index contributed by atoms with van der Waals surface area (Å²) in [6.07, 6.45) is 0.165. The zero-order valence-electron chi connectivity index (χ0n) is 8.79. The number of rotatable bonds is 4. The van der Waals surface area contributed by atoms with Crippen molar-refractivity contribution < 1.29 is 9.53 Å². The highest BCUT2D eigenvalue weighted by Crippen LogP contribution is 2.13. The Hall–Kier alpha value is -1.22. The van der Waals surface area contributed by atoms with E-state index < -0.39 is 5.37 Å². The van der Waals surface area contributed by atoms with Gasteiger partial charge in [-0.1, -0.05) is 12.1 Å². The van der Waals surface area contributed by atoms with Gasteiger partial charge in [0.05, 0.1) is 6.10 Å². The average molecular weight is 228 g/mol. The second kappa shape index (κ2) is 5.61. The Bertz CT molecular complexity index is 322. The van der Waals surface area contributed by atoms with Crippen LogP contribution in [0.4, 0.5) is 4.79 Å². The topological polar surface area (TPSA) is 38.3 Å². The molecule has 0 bridgehead atoms. The fourth-order valence-corrected chi connectivity index (χ4v) is 1.20. The molecule has 0 saturated carbocycles. The van der Waals surface area contributed by atoms with Gasteiger partial charge in [0, 0.05) is 6.54 Å². The molecule has 0 atom stereocenters. The molecule has 1 rings (SSSR count). The predicted octanol–water partition coefficient (Wildman–Crippen LogP) is 2.92. The fourth-order valence-electron chi connectivity index (χ4n) is 1.13. The van der Waals surface area contributed by atoms with Gasteiger partial charge < -0.3 is 10.1 Å². The summed E-state index contributed by atoms with van der Waals surface area (Å²) in [4.78, 5) is 10.5. The van der Waals surface area contributed by atoms with Crippen LogP contribution in [0.5, 0.6) is 5.75 Å². The molecule has 0 aromatic heterocycles. The number of hydrogen-bond donors (Lipinski definition) is 1. The third-order valence-electron chi connectivity index (χ3n) is 1.73. The van der Waals surface area contributed by atoms with E-state index in [1.807, 2.05) is 38.1 Å². The molecule has 0 spiro atoms. The van der Waals surface area contributed by atoms with E-state index in [0.717, 1.165) is 11.3 Å². The van der Waals surface area contributed by atoms with Crippen molar-refractivity contribution in [2.45, 2.75) is 26.5 Å². The minimum absolute atomic E-state index is 0.165. The minimum Gasteiger partial charge on any atom is -0.491 e. The van der Waals surface area contributed by atoms with Crippen molar-refractivity contribution >= 4 is 17.0 Å². The van der Waals surface area contributed by atoms with Gasteiger partial charge in [0.25, 0.3) is 0 Å². The molecule has 1 aromatic carbocycles. The van der Waals surface area contributed by atoms with Gasteiger partial charge in [0.1, 0.15) is 5.75 Å². The number of benzene rings is 1. The lowest BCUT2D eigenvalue weighted by Gasteiger charge is -2.09. The van der Waals surface area contributed by atoms with Crippen LogP contribution in [0.3, 0.4) is 0 Å². The number of ether oxygens (including phenoxy) is 1. The third-order valence-corrected chi connectivity index (χ3v) is 1.86. The van der Waals surface area contributed by atoms with Crippen LogP contribution in [-0.4, -0.2) is 11.5 Å². The molecule has 4 heteroatoms. The highest BCUT2D eigenvalue weighted by molar-refractivity contribution is 6.62. The first kappa shape index (κ1) is 11.9. The Labute approximate surface area is 94.4 Å². The quantitative estimate of drug-likeness (QED) is 0.635. The largest absolute Gasteiger partial charge is 0.491 e. The summed E-state index contributed by atoms with van der Waals surface area (Å²) in [6.45, 7) is 4.38. The maximum absolute atomic E-state index is 10.5. The van der Waals surface area contributed by atoms with Crippen LogP contribution >= 0.6 is 11.6 Å². The molecular weight excluding hydrogens is 214 g/mol. The van der Waals surface area contributed by atoms with Crippen LogP contribution in [0.1, 0.15) is 19.4 Å². The van der Waals surface area contributed by atoms with E-state index in [1.165, 1.54) is 0 Å². The lowest BCUT2D eigenvalue weighted by molar-refractivity contribution is 0.242. The molecule has 0 fully saturated rings. The van der Waals surface area contributed by atoms with Gasteiger partial charge in [-0.05, 0) is 43.1 Å². The van der Waals surface area contributed by atoms with Crippen LogP contribution in [0.2, 0.25) is 0 Å². The molecule has 0 heterocycles. The first-order chi connectivity index (χ1) is 7.08. The predicted molar refractivity (Wildman–Crippen MR) is 60.3 cm³/mol. The molecule has 0 aliphatic carbocycles. The Balaban J connectivity index is 2.52. The van der Waals surface area contributed by atoms with Crippen LogP contribution in [0, 0.1) is 0 Å². The molecule has 15 heavy (non-hydrogen) atoms. The zero-order valence-corrected chi connectivity index (χ0v) is 9.54. The summed E-state index contributed by atoms with van der Waals surface area (Å²) in [5.41, 5.74) is 0.986. The van der Waals surface area contributed by atoms with Gasteiger partial charge in [-0.2, -0.15) is 0 Å². The molecule has 1 amide bonds. The van der Waals surface area contributed by atoms with E-state index in [-0.39, 0.29) is 6.10 Å². The molecule has 0 saturated heterocycles. The number of halogens is 1. The van der Waals surface area contributed by atoms with Crippen molar-refractivity contribution in [1.82, 2.24) is 5.32 Å². The number of amides is 1. The van der Waals surface area contributed by atoms with Crippen molar-refractivity contribution in [3.63, 3.8) is 0 Å². The van der Waals surface area contributed by atoms with Gasteiger partial charge in [0.15, 0.2) is 0 Å². The highest BCUT2D eigenvalue weighted by Gasteiger charge is 1.99. The monoisotopic (exact) mass is 227 g/mol. The van der Waals surface area contributed by atoms with E-state index in [1.54, 1.807) is 0 Å². The van der Waals surface area contributed by atoms with E-state index in [9.17, 15) is 4.79 Å². The number of carbonyl (C=O) groups excluding carboxylic acids is 1. The molecule has 3 nitrogen and oxygen atoms in total. The van der Waals surface area contributed by atoms with Crippen LogP contribution in [0.15, 0.2) is 24.3 Å². The van der Waals surface area contributed by atoms with Crippen molar-refractivity contribution in [2.75, 3.05) is 0 Å². The van der Waals surface area contributed by atoms with Gasteiger partial charge in [-0.3, -0.25) is 4.79 Å². The standard InChI is InChI=1S/C11H14ClNO2/c1-8(2)15-10-5-3-9(4-6-10)7-13-11(12)14/h3-6,8H,7H2,1-2H3,(H,13,14). The minimum atomic E-state index is -0.544. The second-order valence-electron chi connectivity index (χ2n) is 3.44. The van der Waals surface area contributed by atoms with E-state index in [0.29, 0.717) is 6.54 Å². The summed E-state index contributed by atoms with van der Waals surface area (Å²) in [5.74, 6) is 0.825. The molecular formula is C11H14ClNO2. The number of carbonyl (C=O) groups is 1. The smallest absolute Gasteiger partial charge is 0.314 e. The molecule has 0 aliphatic heterocycles. The fraction of sp³-hybridized carbons (Fsp3) is 0.364. The van der Waals surface area contributed by atoms with Crippen molar-refractivity contribution in [3.05, 3.63) is 29.8 Å². The Kier molecular flexibility index (Phi) is 4.43. The van der Waals surface area contributed by atoms with Crippen LogP contribution in [0.25, 0.3) is 0 Å². The molecule has 1 N–H and O–H groups in total.